The van der Waals surface area contributed by atoms with Crippen LogP contribution in [0, 0.1) is 5.92 Å². The van der Waals surface area contributed by atoms with Gasteiger partial charge in [-0.3, -0.25) is 0 Å². The van der Waals surface area contributed by atoms with Gasteiger partial charge in [0.25, 0.3) is 0 Å². The molecule has 2 fully saturated rings. The number of rotatable bonds is 0. The molecular weight excluding hydrogens is 91.0 g/mol. The van der Waals surface area contributed by atoms with Gasteiger partial charge in [0.15, 0.2) is 0 Å². The van der Waals surface area contributed by atoms with Crippen LogP contribution in [-0.2, 0) is 0 Å². The highest BCUT2D eigenvalue weighted by molar-refractivity contribution is 7.73. The summed E-state index contributed by atoms with van der Waals surface area (Å²) in [6.07, 6.45) is 2.42. The third-order valence-electron chi connectivity index (χ3n) is 2.08. The molecule has 0 nitrogen and oxygen atoms in total. The average Bonchev–Trinajstić information content (AvgIpc) is 2.30. The van der Waals surface area contributed by atoms with Gasteiger partial charge < -0.3 is 0 Å². The Hall–Kier alpha value is 0.170. The quantitative estimate of drug-likeness (QED) is 0.399. The topological polar surface area (TPSA) is 0 Å². The molecule has 4 aliphatic rings. The van der Waals surface area contributed by atoms with Crippen molar-refractivity contribution in [2.75, 3.05) is 0 Å². The predicted molar refractivity (Wildman–Crippen MR) is 27.1 cm³/mol. The lowest BCUT2D eigenvalue weighted by atomic mass is 10.4. The monoisotopic (exact) mass is 96.0 g/mol. The van der Waals surface area contributed by atoms with Crippen molar-refractivity contribution in [2.24, 2.45) is 5.92 Å². The summed E-state index contributed by atoms with van der Waals surface area (Å²) in [7, 11) is 0.581. The number of allylic oxidation sites excluding steroid dienone is 1. The fourth-order valence-electron chi connectivity index (χ4n) is 1.51. The van der Waals surface area contributed by atoms with E-state index >= 15 is 0 Å². The molecule has 1 aliphatic carbocycles. The second-order valence-electron chi connectivity index (χ2n) is 2.35. The van der Waals surface area contributed by atoms with E-state index in [4.69, 9.17) is 0 Å². The van der Waals surface area contributed by atoms with Gasteiger partial charge in [0, 0.05) is 0 Å². The molecule has 1 saturated heterocycles. The Labute approximate surface area is 38.0 Å². The van der Waals surface area contributed by atoms with Gasteiger partial charge in [-0.1, -0.05) is 19.8 Å². The van der Waals surface area contributed by atoms with E-state index in [1.54, 1.807) is 0 Å². The van der Waals surface area contributed by atoms with Crippen molar-refractivity contribution < 1.29 is 0 Å². The van der Waals surface area contributed by atoms with Crippen LogP contribution in [0.4, 0.5) is 0 Å². The molecule has 4 rings (SSSR count). The molecule has 2 unspecified atom stereocenters. The van der Waals surface area contributed by atoms with Crippen LogP contribution in [0.25, 0.3) is 0 Å². The van der Waals surface area contributed by atoms with Gasteiger partial charge >= 0.3 is 0 Å². The van der Waals surface area contributed by atoms with Crippen LogP contribution in [0.2, 0.25) is 0 Å². The van der Waals surface area contributed by atoms with E-state index in [1.807, 2.05) is 0 Å². The Balaban J connectivity index is 2.35. The van der Waals surface area contributed by atoms with Gasteiger partial charge in [-0.2, -0.15) is 0 Å². The molecule has 3 heterocycles. The normalized spacial score (nSPS) is 77.3. The van der Waals surface area contributed by atoms with E-state index in [0.717, 1.165) is 5.92 Å². The SMILES string of the molecule is C1=CP2C3C1C32. The number of hydrogen-bond donors (Lipinski definition) is 0. The van der Waals surface area contributed by atoms with Gasteiger partial charge in [-0.25, -0.2) is 0 Å². The largest absolute Gasteiger partial charge is 0.0796 e. The fraction of sp³-hybridized carbons (Fsp3) is 0.600. The molecule has 0 aromatic heterocycles. The van der Waals surface area contributed by atoms with Gasteiger partial charge in [0.1, 0.15) is 0 Å². The molecule has 0 aromatic rings. The van der Waals surface area contributed by atoms with Gasteiger partial charge in [-0.15, -0.1) is 0 Å². The summed E-state index contributed by atoms with van der Waals surface area (Å²) in [6.45, 7) is 0. The van der Waals surface area contributed by atoms with E-state index in [9.17, 15) is 0 Å². The third kappa shape index (κ3) is 0.0935. The molecule has 0 amide bonds. The van der Waals surface area contributed by atoms with Crippen molar-refractivity contribution in [1.82, 2.24) is 0 Å². The van der Waals surface area contributed by atoms with Crippen molar-refractivity contribution in [3.63, 3.8) is 0 Å². The van der Waals surface area contributed by atoms with Crippen LogP contribution in [-0.4, -0.2) is 11.3 Å². The summed E-state index contributed by atoms with van der Waals surface area (Å²) in [5, 5.41) is 0. The van der Waals surface area contributed by atoms with Crippen molar-refractivity contribution >= 4 is 7.92 Å². The summed E-state index contributed by atoms with van der Waals surface area (Å²) in [6, 6.07) is 0. The standard InChI is InChI=1S/C5H5P/c1-2-6-4-3(1)5(4)6/h1-5H. The van der Waals surface area contributed by atoms with Crippen molar-refractivity contribution in [1.29, 1.82) is 0 Å². The van der Waals surface area contributed by atoms with Crippen LogP contribution in [0.1, 0.15) is 0 Å². The Bertz CT molecular complexity index is 115. The maximum Gasteiger partial charge on any atom is -0.00259 e. The van der Waals surface area contributed by atoms with E-state index in [0.29, 0.717) is 7.92 Å². The molecule has 2 bridgehead atoms. The molecule has 3 aliphatic heterocycles. The van der Waals surface area contributed by atoms with Crippen molar-refractivity contribution in [2.45, 2.75) is 11.3 Å². The summed E-state index contributed by atoms with van der Waals surface area (Å²) in [5.41, 5.74) is 2.50. The van der Waals surface area contributed by atoms with Gasteiger partial charge in [0.05, 0.1) is 0 Å². The zero-order valence-corrected chi connectivity index (χ0v) is 4.23. The van der Waals surface area contributed by atoms with Crippen LogP contribution >= 0.6 is 7.92 Å². The predicted octanol–water partition coefficient (Wildman–Crippen LogP) is 1.38. The lowest BCUT2D eigenvalue weighted by Crippen LogP contribution is -1.70. The van der Waals surface area contributed by atoms with Crippen LogP contribution in [0.3, 0.4) is 0 Å². The molecule has 0 aromatic carbocycles. The summed E-state index contributed by atoms with van der Waals surface area (Å²) >= 11 is 0. The third-order valence-corrected chi connectivity index (χ3v) is 4.96. The Morgan fingerprint density at radius 1 is 1.33 bits per heavy atom. The second kappa shape index (κ2) is 0.448. The molecule has 1 heteroatoms. The Morgan fingerprint density at radius 3 is 2.33 bits per heavy atom. The smallest absolute Gasteiger partial charge is 0.00259 e. The van der Waals surface area contributed by atoms with Gasteiger partial charge in [-0.05, 0) is 17.2 Å². The maximum absolute atomic E-state index is 2.45. The van der Waals surface area contributed by atoms with Crippen LogP contribution in [0.5, 0.6) is 0 Å². The molecule has 6 heavy (non-hydrogen) atoms. The minimum Gasteiger partial charge on any atom is -0.0796 e. The zero-order valence-electron chi connectivity index (χ0n) is 3.33. The summed E-state index contributed by atoms with van der Waals surface area (Å²) < 4.78 is 0. The zero-order chi connectivity index (χ0) is 3.72. The first kappa shape index (κ1) is 2.47. The lowest BCUT2D eigenvalue weighted by Gasteiger charge is -1.85. The fourth-order valence-corrected chi connectivity index (χ4v) is 4.37. The molecule has 1 saturated carbocycles. The summed E-state index contributed by atoms with van der Waals surface area (Å²) in [4.78, 5) is 0. The Kier molecular flexibility index (Phi) is 0.184. The molecule has 30 valence electrons. The lowest BCUT2D eigenvalue weighted by molar-refractivity contribution is 1.12. The molecule has 0 N–H and O–H groups in total. The second-order valence-corrected chi connectivity index (χ2v) is 4.73. The van der Waals surface area contributed by atoms with Crippen molar-refractivity contribution in [3.05, 3.63) is 11.9 Å². The van der Waals surface area contributed by atoms with E-state index in [2.05, 4.69) is 11.9 Å². The molecule has 0 spiro atoms. The van der Waals surface area contributed by atoms with E-state index in [-0.39, 0.29) is 0 Å². The first-order valence-electron chi connectivity index (χ1n) is 2.44. The van der Waals surface area contributed by atoms with E-state index < -0.39 is 0 Å². The highest BCUT2D eigenvalue weighted by Gasteiger charge is 2.74. The van der Waals surface area contributed by atoms with Crippen LogP contribution in [0.15, 0.2) is 11.9 Å². The molecule has 0 radical (unpaired) electrons. The minimum atomic E-state index is 0.581. The first-order valence-corrected chi connectivity index (χ1v) is 3.99. The minimum absolute atomic E-state index is 0.581. The average molecular weight is 96.1 g/mol. The number of hydrogen-bond acceptors (Lipinski definition) is 0. The highest BCUT2D eigenvalue weighted by atomic mass is 31.1. The van der Waals surface area contributed by atoms with Gasteiger partial charge in [0.2, 0.25) is 0 Å². The molecular formula is C5H5P. The summed E-state index contributed by atoms with van der Waals surface area (Å²) in [5.74, 6) is 3.58. The maximum atomic E-state index is 2.45. The Morgan fingerprint density at radius 2 is 2.17 bits per heavy atom. The van der Waals surface area contributed by atoms with Crippen LogP contribution < -0.4 is 0 Å². The highest BCUT2D eigenvalue weighted by Crippen LogP contribution is 2.90. The van der Waals surface area contributed by atoms with E-state index in [1.165, 1.54) is 11.3 Å². The first-order chi connectivity index (χ1) is 2.98. The molecule has 2 atom stereocenters. The van der Waals surface area contributed by atoms with Crippen molar-refractivity contribution in [3.8, 4) is 0 Å².